The molecule has 1 amide bonds. The maximum atomic E-state index is 12.8. The molecule has 0 radical (unpaired) electrons. The van der Waals surface area contributed by atoms with Crippen LogP contribution >= 0.6 is 0 Å². The van der Waals surface area contributed by atoms with Crippen molar-refractivity contribution in [3.05, 3.63) is 71.8 Å². The van der Waals surface area contributed by atoms with Crippen LogP contribution in [0.3, 0.4) is 0 Å². The Bertz CT molecular complexity index is 656. The van der Waals surface area contributed by atoms with Crippen molar-refractivity contribution in [2.45, 2.75) is 37.8 Å². The number of amides is 1. The van der Waals surface area contributed by atoms with E-state index < -0.39 is 18.0 Å². The minimum absolute atomic E-state index is 0.231. The normalized spacial score (nSPS) is 14.9. The Hall–Kier alpha value is -2.62. The summed E-state index contributed by atoms with van der Waals surface area (Å²) in [6, 6.07) is 19.2. The third-order valence-corrected chi connectivity index (χ3v) is 4.09. The predicted molar refractivity (Wildman–Crippen MR) is 91.4 cm³/mol. The quantitative estimate of drug-likeness (QED) is 0.831. The SMILES string of the molecule is C[C@@H](OC(=O)C(c1ccccc1)c1ccccc1)C(=O)NC1CC1. The molecule has 0 saturated heterocycles. The molecule has 4 nitrogen and oxygen atoms in total. The standard InChI is InChI=1S/C20H21NO3/c1-14(19(22)21-17-12-13-17)24-20(23)18(15-8-4-2-5-9-15)16-10-6-3-7-11-16/h2-11,14,17-18H,12-13H2,1H3,(H,21,22)/t14-/m1/s1. The molecule has 1 fully saturated rings. The fourth-order valence-electron chi connectivity index (χ4n) is 2.60. The molecule has 1 saturated carbocycles. The molecule has 1 aliphatic carbocycles. The molecule has 0 spiro atoms. The lowest BCUT2D eigenvalue weighted by molar-refractivity contribution is -0.155. The third-order valence-electron chi connectivity index (χ3n) is 4.09. The lowest BCUT2D eigenvalue weighted by Gasteiger charge is -2.20. The summed E-state index contributed by atoms with van der Waals surface area (Å²) in [5, 5.41) is 2.86. The number of hydrogen-bond acceptors (Lipinski definition) is 3. The van der Waals surface area contributed by atoms with Crippen LogP contribution < -0.4 is 5.32 Å². The van der Waals surface area contributed by atoms with Gasteiger partial charge in [-0.25, -0.2) is 0 Å². The number of carbonyl (C=O) groups excluding carboxylic acids is 2. The summed E-state index contributed by atoms with van der Waals surface area (Å²) in [7, 11) is 0. The van der Waals surface area contributed by atoms with Crippen LogP contribution in [0.25, 0.3) is 0 Å². The summed E-state index contributed by atoms with van der Waals surface area (Å²) in [6.45, 7) is 1.61. The first-order valence-corrected chi connectivity index (χ1v) is 8.26. The third kappa shape index (κ3) is 4.02. The summed E-state index contributed by atoms with van der Waals surface area (Å²) in [6.07, 6.45) is 1.21. The van der Waals surface area contributed by atoms with E-state index in [9.17, 15) is 9.59 Å². The van der Waals surface area contributed by atoms with Crippen LogP contribution in [0.2, 0.25) is 0 Å². The van der Waals surface area contributed by atoms with E-state index in [0.29, 0.717) is 0 Å². The van der Waals surface area contributed by atoms with Gasteiger partial charge in [-0.1, -0.05) is 60.7 Å². The lowest BCUT2D eigenvalue weighted by atomic mass is 9.91. The van der Waals surface area contributed by atoms with Crippen molar-refractivity contribution in [2.75, 3.05) is 0 Å². The van der Waals surface area contributed by atoms with Crippen LogP contribution in [-0.4, -0.2) is 24.0 Å². The topological polar surface area (TPSA) is 55.4 Å². The van der Waals surface area contributed by atoms with Crippen molar-refractivity contribution in [2.24, 2.45) is 0 Å². The van der Waals surface area contributed by atoms with Gasteiger partial charge in [-0.15, -0.1) is 0 Å². The summed E-state index contributed by atoms with van der Waals surface area (Å²) in [5.41, 5.74) is 1.70. The number of hydrogen-bond donors (Lipinski definition) is 1. The number of rotatable bonds is 6. The summed E-state index contributed by atoms with van der Waals surface area (Å²) >= 11 is 0. The second-order valence-electron chi connectivity index (χ2n) is 6.12. The Morgan fingerprint density at radius 1 is 0.958 bits per heavy atom. The van der Waals surface area contributed by atoms with Crippen molar-refractivity contribution in [1.29, 1.82) is 0 Å². The van der Waals surface area contributed by atoms with Crippen molar-refractivity contribution >= 4 is 11.9 Å². The maximum Gasteiger partial charge on any atom is 0.318 e. The van der Waals surface area contributed by atoms with E-state index in [2.05, 4.69) is 5.32 Å². The van der Waals surface area contributed by atoms with Crippen LogP contribution in [0, 0.1) is 0 Å². The van der Waals surface area contributed by atoms with E-state index in [0.717, 1.165) is 24.0 Å². The molecular formula is C20H21NO3. The smallest absolute Gasteiger partial charge is 0.318 e. The molecule has 2 aromatic carbocycles. The largest absolute Gasteiger partial charge is 0.452 e. The minimum atomic E-state index is -0.798. The van der Waals surface area contributed by atoms with Crippen molar-refractivity contribution in [3.63, 3.8) is 0 Å². The molecule has 0 unspecified atom stereocenters. The molecule has 24 heavy (non-hydrogen) atoms. The van der Waals surface area contributed by atoms with E-state index in [-0.39, 0.29) is 11.9 Å². The zero-order chi connectivity index (χ0) is 16.9. The monoisotopic (exact) mass is 323 g/mol. The molecule has 4 heteroatoms. The Kier molecular flexibility index (Phi) is 4.94. The lowest BCUT2D eigenvalue weighted by Crippen LogP contribution is -2.38. The first kappa shape index (κ1) is 16.2. The molecule has 3 rings (SSSR count). The predicted octanol–water partition coefficient (Wildman–Crippen LogP) is 3.03. The van der Waals surface area contributed by atoms with Gasteiger partial charge in [0.1, 0.15) is 5.92 Å². The van der Waals surface area contributed by atoms with Crippen LogP contribution in [-0.2, 0) is 14.3 Å². The molecule has 1 N–H and O–H groups in total. The number of carbonyl (C=O) groups is 2. The molecular weight excluding hydrogens is 302 g/mol. The molecule has 0 bridgehead atoms. The van der Waals surface area contributed by atoms with Gasteiger partial charge in [0.2, 0.25) is 0 Å². The highest BCUT2D eigenvalue weighted by Gasteiger charge is 2.30. The Morgan fingerprint density at radius 2 is 1.46 bits per heavy atom. The van der Waals surface area contributed by atoms with E-state index in [1.807, 2.05) is 60.7 Å². The highest BCUT2D eigenvalue weighted by atomic mass is 16.5. The van der Waals surface area contributed by atoms with E-state index in [1.165, 1.54) is 0 Å². The Balaban J connectivity index is 1.77. The molecule has 0 heterocycles. The zero-order valence-corrected chi connectivity index (χ0v) is 13.6. The van der Waals surface area contributed by atoms with Gasteiger partial charge < -0.3 is 10.1 Å². The molecule has 1 aliphatic rings. The van der Waals surface area contributed by atoms with Gasteiger partial charge in [0.15, 0.2) is 6.10 Å². The summed E-state index contributed by atoms with van der Waals surface area (Å²) in [5.74, 6) is -1.18. The fourth-order valence-corrected chi connectivity index (χ4v) is 2.60. The average molecular weight is 323 g/mol. The minimum Gasteiger partial charge on any atom is -0.452 e. The van der Waals surface area contributed by atoms with Crippen molar-refractivity contribution < 1.29 is 14.3 Å². The van der Waals surface area contributed by atoms with Crippen LogP contribution in [0.15, 0.2) is 60.7 Å². The van der Waals surface area contributed by atoms with E-state index in [4.69, 9.17) is 4.74 Å². The van der Waals surface area contributed by atoms with Gasteiger partial charge in [-0.05, 0) is 30.9 Å². The molecule has 2 aromatic rings. The number of benzene rings is 2. The second kappa shape index (κ2) is 7.30. The highest BCUT2D eigenvalue weighted by Crippen LogP contribution is 2.26. The van der Waals surface area contributed by atoms with Gasteiger partial charge in [-0.3, -0.25) is 9.59 Å². The molecule has 0 aliphatic heterocycles. The van der Waals surface area contributed by atoms with E-state index >= 15 is 0 Å². The average Bonchev–Trinajstić information content (AvgIpc) is 3.41. The second-order valence-corrected chi connectivity index (χ2v) is 6.12. The van der Waals surface area contributed by atoms with Crippen molar-refractivity contribution in [1.82, 2.24) is 5.32 Å². The summed E-state index contributed by atoms with van der Waals surface area (Å²) in [4.78, 5) is 24.8. The zero-order valence-electron chi connectivity index (χ0n) is 13.6. The van der Waals surface area contributed by atoms with Gasteiger partial charge in [0.25, 0.3) is 5.91 Å². The highest BCUT2D eigenvalue weighted by molar-refractivity contribution is 5.87. The fraction of sp³-hybridized carbons (Fsp3) is 0.300. The molecule has 124 valence electrons. The Labute approximate surface area is 141 Å². The van der Waals surface area contributed by atoms with Gasteiger partial charge in [0.05, 0.1) is 0 Å². The van der Waals surface area contributed by atoms with Gasteiger partial charge in [0, 0.05) is 6.04 Å². The van der Waals surface area contributed by atoms with Crippen LogP contribution in [0.1, 0.15) is 36.8 Å². The van der Waals surface area contributed by atoms with Gasteiger partial charge >= 0.3 is 5.97 Å². The van der Waals surface area contributed by atoms with Crippen molar-refractivity contribution in [3.8, 4) is 0 Å². The maximum absolute atomic E-state index is 12.8. The molecule has 1 atom stereocenters. The van der Waals surface area contributed by atoms with Gasteiger partial charge in [-0.2, -0.15) is 0 Å². The van der Waals surface area contributed by atoms with Crippen LogP contribution in [0.5, 0.6) is 0 Å². The first-order chi connectivity index (χ1) is 11.6. The first-order valence-electron chi connectivity index (χ1n) is 8.26. The summed E-state index contributed by atoms with van der Waals surface area (Å²) < 4.78 is 5.46. The molecule has 0 aromatic heterocycles. The number of ether oxygens (including phenoxy) is 1. The van der Waals surface area contributed by atoms with E-state index in [1.54, 1.807) is 6.92 Å². The number of esters is 1. The Morgan fingerprint density at radius 3 is 1.92 bits per heavy atom. The van der Waals surface area contributed by atoms with Crippen LogP contribution in [0.4, 0.5) is 0 Å². The number of nitrogens with one attached hydrogen (secondary N) is 1.